The molecule has 0 aliphatic heterocycles. The van der Waals surface area contributed by atoms with Crippen LogP contribution in [0.15, 0.2) is 133 Å². The van der Waals surface area contributed by atoms with Gasteiger partial charge in [-0.3, -0.25) is 0 Å². The largest absolute Gasteiger partial charge is 0.310 e. The van der Waals surface area contributed by atoms with Gasteiger partial charge in [-0.15, -0.1) is 0 Å². The van der Waals surface area contributed by atoms with Crippen molar-refractivity contribution < 1.29 is 0 Å². The highest BCUT2D eigenvalue weighted by molar-refractivity contribution is 6.22. The lowest BCUT2D eigenvalue weighted by Gasteiger charge is -2.25. The highest BCUT2D eigenvalue weighted by Gasteiger charge is 2.20. The maximum atomic E-state index is 10.0. The number of para-hydroxylation sites is 2. The van der Waals surface area contributed by atoms with Crippen molar-refractivity contribution in [3.63, 3.8) is 0 Å². The van der Waals surface area contributed by atoms with E-state index in [1.54, 1.807) is 12.1 Å². The summed E-state index contributed by atoms with van der Waals surface area (Å²) in [6, 6.07) is 47.5. The molecular formula is C36H22N4. The molecule has 0 bridgehead atoms. The van der Waals surface area contributed by atoms with Crippen LogP contribution in [0.1, 0.15) is 5.56 Å². The van der Waals surface area contributed by atoms with Gasteiger partial charge in [-0.1, -0.05) is 78.9 Å². The molecule has 4 nitrogen and oxygen atoms in total. The molecule has 0 aliphatic rings. The fourth-order valence-electron chi connectivity index (χ4n) is 5.65. The van der Waals surface area contributed by atoms with E-state index in [9.17, 15) is 5.26 Å². The van der Waals surface area contributed by atoms with Gasteiger partial charge in [-0.05, 0) is 65.4 Å². The summed E-state index contributed by atoms with van der Waals surface area (Å²) in [7, 11) is 0. The van der Waals surface area contributed by atoms with E-state index < -0.39 is 0 Å². The third kappa shape index (κ3) is 3.68. The van der Waals surface area contributed by atoms with Crippen LogP contribution in [0.25, 0.3) is 43.1 Å². The molecule has 6 aromatic carbocycles. The standard InChI is InChI=1S/C36H22N4/c1-38-27-18-16-26(24-37)35(22-27)40-33-21-19-30(39(28-11-4-2-5-12-28)29-13-6-3-7-14-29)23-32(33)36-31-15-9-8-10-25(31)17-20-34(36)40/h2-23H. The summed E-state index contributed by atoms with van der Waals surface area (Å²) < 4.78 is 2.13. The molecule has 186 valence electrons. The van der Waals surface area contributed by atoms with Gasteiger partial charge in [0.1, 0.15) is 6.07 Å². The zero-order valence-electron chi connectivity index (χ0n) is 21.5. The average Bonchev–Trinajstić information content (AvgIpc) is 3.36. The summed E-state index contributed by atoms with van der Waals surface area (Å²) in [6.45, 7) is 7.59. The van der Waals surface area contributed by atoms with Crippen molar-refractivity contribution in [2.75, 3.05) is 4.90 Å². The Hall–Kier alpha value is -5.84. The smallest absolute Gasteiger partial charge is 0.189 e. The Labute approximate surface area is 232 Å². The maximum Gasteiger partial charge on any atom is 0.189 e. The number of nitriles is 1. The molecule has 1 aromatic heterocycles. The van der Waals surface area contributed by atoms with Crippen molar-refractivity contribution in [1.29, 1.82) is 5.26 Å². The van der Waals surface area contributed by atoms with Crippen LogP contribution in [0.3, 0.4) is 0 Å². The molecule has 0 saturated carbocycles. The molecule has 7 rings (SSSR count). The number of anilines is 3. The van der Waals surface area contributed by atoms with Crippen LogP contribution in [0.4, 0.5) is 22.7 Å². The second-order valence-corrected chi connectivity index (χ2v) is 9.65. The fraction of sp³-hybridized carbons (Fsp3) is 0. The van der Waals surface area contributed by atoms with E-state index >= 15 is 0 Å². The highest BCUT2D eigenvalue weighted by Crippen LogP contribution is 2.42. The first-order chi connectivity index (χ1) is 19.8. The molecule has 0 amide bonds. The van der Waals surface area contributed by atoms with Crippen molar-refractivity contribution in [2.24, 2.45) is 0 Å². The van der Waals surface area contributed by atoms with Gasteiger partial charge in [0.15, 0.2) is 5.69 Å². The average molecular weight is 511 g/mol. The molecule has 40 heavy (non-hydrogen) atoms. The van der Waals surface area contributed by atoms with Crippen LogP contribution in [0, 0.1) is 17.9 Å². The van der Waals surface area contributed by atoms with E-state index in [1.165, 1.54) is 0 Å². The molecule has 0 unspecified atom stereocenters. The van der Waals surface area contributed by atoms with Gasteiger partial charge in [-0.25, -0.2) is 4.85 Å². The Bertz CT molecular complexity index is 2090. The second kappa shape index (κ2) is 9.48. The van der Waals surface area contributed by atoms with Gasteiger partial charge in [-0.2, -0.15) is 5.26 Å². The van der Waals surface area contributed by atoms with E-state index in [0.717, 1.165) is 49.6 Å². The Kier molecular flexibility index (Phi) is 5.52. The first kappa shape index (κ1) is 23.3. The third-order valence-electron chi connectivity index (χ3n) is 7.40. The number of fused-ring (bicyclic) bond motifs is 5. The van der Waals surface area contributed by atoms with E-state index in [4.69, 9.17) is 6.57 Å². The van der Waals surface area contributed by atoms with Crippen LogP contribution < -0.4 is 4.90 Å². The van der Waals surface area contributed by atoms with E-state index in [2.05, 4.69) is 124 Å². The minimum absolute atomic E-state index is 0.501. The third-order valence-corrected chi connectivity index (χ3v) is 7.40. The predicted molar refractivity (Wildman–Crippen MR) is 164 cm³/mol. The van der Waals surface area contributed by atoms with Crippen molar-refractivity contribution in [2.45, 2.75) is 0 Å². The Morgan fingerprint density at radius 1 is 0.625 bits per heavy atom. The first-order valence-electron chi connectivity index (χ1n) is 13.0. The fourth-order valence-corrected chi connectivity index (χ4v) is 5.65. The highest BCUT2D eigenvalue weighted by atomic mass is 15.1. The predicted octanol–water partition coefficient (Wildman–Crippen LogP) is 9.83. The molecule has 0 spiro atoms. The van der Waals surface area contributed by atoms with Crippen molar-refractivity contribution in [3.05, 3.63) is 150 Å². The summed E-state index contributed by atoms with van der Waals surface area (Å²) in [5.41, 5.74) is 6.88. The molecule has 0 N–H and O–H groups in total. The molecule has 1 heterocycles. The van der Waals surface area contributed by atoms with Gasteiger partial charge in [0.2, 0.25) is 0 Å². The monoisotopic (exact) mass is 510 g/mol. The van der Waals surface area contributed by atoms with Crippen LogP contribution in [0.2, 0.25) is 0 Å². The number of nitrogens with zero attached hydrogens (tertiary/aromatic N) is 4. The van der Waals surface area contributed by atoms with Crippen LogP contribution in [-0.4, -0.2) is 4.57 Å². The van der Waals surface area contributed by atoms with Gasteiger partial charge < -0.3 is 9.47 Å². The summed E-state index contributed by atoms with van der Waals surface area (Å²) in [5.74, 6) is 0. The van der Waals surface area contributed by atoms with Crippen molar-refractivity contribution >= 4 is 55.3 Å². The number of rotatable bonds is 4. The molecule has 0 atom stereocenters. The lowest BCUT2D eigenvalue weighted by atomic mass is 10.0. The number of benzene rings is 6. The van der Waals surface area contributed by atoms with Crippen LogP contribution in [-0.2, 0) is 0 Å². The lowest BCUT2D eigenvalue weighted by molar-refractivity contribution is 1.17. The molecule has 4 heteroatoms. The summed E-state index contributed by atoms with van der Waals surface area (Å²) >= 11 is 0. The minimum Gasteiger partial charge on any atom is -0.310 e. The molecule has 0 saturated heterocycles. The molecule has 7 aromatic rings. The summed E-state index contributed by atoms with van der Waals surface area (Å²) in [5, 5.41) is 14.5. The van der Waals surface area contributed by atoms with E-state index in [0.29, 0.717) is 16.9 Å². The number of hydrogen-bond acceptors (Lipinski definition) is 2. The quantitative estimate of drug-likeness (QED) is 0.221. The van der Waals surface area contributed by atoms with E-state index in [1.807, 2.05) is 18.2 Å². The SMILES string of the molecule is [C-]#[N+]c1ccc(C#N)c(-n2c3ccc(N(c4ccccc4)c4ccccc4)cc3c3c4ccccc4ccc32)c1. The molecule has 0 fully saturated rings. The molecule has 0 radical (unpaired) electrons. The molecule has 0 aliphatic carbocycles. The Morgan fingerprint density at radius 3 is 2.00 bits per heavy atom. The summed E-state index contributed by atoms with van der Waals surface area (Å²) in [4.78, 5) is 5.91. The van der Waals surface area contributed by atoms with Crippen molar-refractivity contribution in [3.8, 4) is 11.8 Å². The Balaban J connectivity index is 1.60. The lowest BCUT2D eigenvalue weighted by Crippen LogP contribution is -2.09. The first-order valence-corrected chi connectivity index (χ1v) is 13.0. The van der Waals surface area contributed by atoms with Gasteiger partial charge in [0.05, 0.1) is 28.9 Å². The number of hydrogen-bond donors (Lipinski definition) is 0. The van der Waals surface area contributed by atoms with Crippen molar-refractivity contribution in [1.82, 2.24) is 4.57 Å². The number of aromatic nitrogens is 1. The molecular weight excluding hydrogens is 488 g/mol. The van der Waals surface area contributed by atoms with E-state index in [-0.39, 0.29) is 0 Å². The maximum absolute atomic E-state index is 10.0. The zero-order valence-corrected chi connectivity index (χ0v) is 21.5. The van der Waals surface area contributed by atoms with Gasteiger partial charge in [0, 0.05) is 27.8 Å². The topological polar surface area (TPSA) is 36.3 Å². The zero-order chi connectivity index (χ0) is 27.1. The Morgan fingerprint density at radius 2 is 1.30 bits per heavy atom. The van der Waals surface area contributed by atoms with Crippen LogP contribution >= 0.6 is 0 Å². The minimum atomic E-state index is 0.501. The second-order valence-electron chi connectivity index (χ2n) is 9.65. The normalized spacial score (nSPS) is 10.9. The van der Waals surface area contributed by atoms with Crippen LogP contribution in [0.5, 0.6) is 0 Å². The summed E-state index contributed by atoms with van der Waals surface area (Å²) in [6.07, 6.45) is 0. The van der Waals surface area contributed by atoms with Gasteiger partial charge >= 0.3 is 0 Å². The van der Waals surface area contributed by atoms with Gasteiger partial charge in [0.25, 0.3) is 0 Å².